The minimum absolute atomic E-state index is 0.120. The molecular formula is C24H46O3. The summed E-state index contributed by atoms with van der Waals surface area (Å²) in [6.45, 7) is 12.5. The molecule has 0 heterocycles. The lowest BCUT2D eigenvalue weighted by molar-refractivity contribution is -0.0543. The summed E-state index contributed by atoms with van der Waals surface area (Å²) in [6.07, 6.45) is 11.6. The van der Waals surface area contributed by atoms with Gasteiger partial charge in [-0.1, -0.05) is 33.1 Å². The zero-order chi connectivity index (χ0) is 20.5. The molecule has 2 unspecified atom stereocenters. The largest absolute Gasteiger partial charge is 0.393 e. The van der Waals surface area contributed by atoms with E-state index in [0.29, 0.717) is 11.8 Å². The van der Waals surface area contributed by atoms with E-state index in [-0.39, 0.29) is 16.9 Å². The summed E-state index contributed by atoms with van der Waals surface area (Å²) >= 11 is 0. The van der Waals surface area contributed by atoms with E-state index in [9.17, 15) is 15.3 Å². The van der Waals surface area contributed by atoms with Crippen LogP contribution in [0, 0.1) is 22.7 Å². The van der Waals surface area contributed by atoms with Gasteiger partial charge in [0.25, 0.3) is 0 Å². The molecule has 2 aliphatic carbocycles. The fraction of sp³-hybridized carbons (Fsp3) is 1.00. The van der Waals surface area contributed by atoms with Crippen LogP contribution in [-0.4, -0.2) is 32.6 Å². The average Bonchev–Trinajstić information content (AvgIpc) is 2.83. The van der Waals surface area contributed by atoms with Gasteiger partial charge in [0.05, 0.1) is 17.3 Å². The minimum Gasteiger partial charge on any atom is -0.393 e. The summed E-state index contributed by atoms with van der Waals surface area (Å²) in [7, 11) is 0. The lowest BCUT2D eigenvalue weighted by Gasteiger charge is -2.50. The van der Waals surface area contributed by atoms with Gasteiger partial charge in [0.2, 0.25) is 0 Å². The molecule has 2 saturated carbocycles. The van der Waals surface area contributed by atoms with Crippen LogP contribution in [0.25, 0.3) is 0 Å². The quantitative estimate of drug-likeness (QED) is 0.497. The highest BCUT2D eigenvalue weighted by atomic mass is 16.3. The van der Waals surface area contributed by atoms with Crippen LogP contribution in [0.5, 0.6) is 0 Å². The molecule has 27 heavy (non-hydrogen) atoms. The van der Waals surface area contributed by atoms with Gasteiger partial charge in [0.15, 0.2) is 0 Å². The molecule has 3 N–H and O–H groups in total. The maximum absolute atomic E-state index is 10.6. The van der Waals surface area contributed by atoms with Crippen molar-refractivity contribution in [3.8, 4) is 0 Å². The Morgan fingerprint density at radius 1 is 0.815 bits per heavy atom. The molecule has 0 aromatic carbocycles. The minimum atomic E-state index is -0.600. The Morgan fingerprint density at radius 3 is 1.81 bits per heavy atom. The predicted molar refractivity (Wildman–Crippen MR) is 113 cm³/mol. The van der Waals surface area contributed by atoms with Crippen molar-refractivity contribution in [1.82, 2.24) is 0 Å². The molecule has 0 spiro atoms. The van der Waals surface area contributed by atoms with Crippen LogP contribution in [0.2, 0.25) is 0 Å². The number of fused-ring (bicyclic) bond motifs is 1. The maximum atomic E-state index is 10.6. The van der Waals surface area contributed by atoms with Gasteiger partial charge in [-0.15, -0.1) is 0 Å². The third-order valence-corrected chi connectivity index (χ3v) is 8.00. The lowest BCUT2D eigenvalue weighted by Crippen LogP contribution is -2.45. The third kappa shape index (κ3) is 5.93. The number of hydrogen-bond acceptors (Lipinski definition) is 3. The molecule has 2 rings (SSSR count). The Labute approximate surface area is 168 Å². The molecule has 3 nitrogen and oxygen atoms in total. The van der Waals surface area contributed by atoms with E-state index in [1.807, 2.05) is 27.7 Å². The van der Waals surface area contributed by atoms with Gasteiger partial charge in [-0.25, -0.2) is 0 Å². The highest BCUT2D eigenvalue weighted by Gasteiger charge is 2.55. The molecule has 0 amide bonds. The predicted octanol–water partition coefficient (Wildman–Crippen LogP) is 5.45. The van der Waals surface area contributed by atoms with Gasteiger partial charge in [0.1, 0.15) is 0 Å². The summed E-state index contributed by atoms with van der Waals surface area (Å²) in [4.78, 5) is 0. The Hall–Kier alpha value is -0.120. The van der Waals surface area contributed by atoms with Crippen molar-refractivity contribution in [3.05, 3.63) is 0 Å². The van der Waals surface area contributed by atoms with Crippen molar-refractivity contribution in [1.29, 1.82) is 0 Å². The first kappa shape index (κ1) is 23.2. The van der Waals surface area contributed by atoms with Crippen LogP contribution in [0.4, 0.5) is 0 Å². The monoisotopic (exact) mass is 382 g/mol. The summed E-state index contributed by atoms with van der Waals surface area (Å²) in [6, 6.07) is 0. The van der Waals surface area contributed by atoms with E-state index in [2.05, 4.69) is 13.8 Å². The number of aliphatic hydroxyl groups is 3. The van der Waals surface area contributed by atoms with Crippen LogP contribution in [0.1, 0.15) is 112 Å². The SMILES string of the molecule is CC(C)(O)CCCC(C)(CCCC(C)(C)O)C1CCC2[C@@H](O)CCC[C@@]21C. The molecule has 160 valence electrons. The normalized spacial score (nSPS) is 32.6. The summed E-state index contributed by atoms with van der Waals surface area (Å²) < 4.78 is 0. The smallest absolute Gasteiger partial charge is 0.0591 e. The summed E-state index contributed by atoms with van der Waals surface area (Å²) in [5.41, 5.74) is -0.735. The molecule has 0 saturated heterocycles. The molecular weight excluding hydrogens is 336 g/mol. The zero-order valence-corrected chi connectivity index (χ0v) is 18.9. The maximum Gasteiger partial charge on any atom is 0.0591 e. The molecule has 2 fully saturated rings. The molecule has 3 heteroatoms. The molecule has 0 aliphatic heterocycles. The molecule has 0 bridgehead atoms. The highest BCUT2D eigenvalue weighted by Crippen LogP contribution is 2.62. The van der Waals surface area contributed by atoms with Crippen molar-refractivity contribution < 1.29 is 15.3 Å². The van der Waals surface area contributed by atoms with Crippen molar-refractivity contribution in [2.45, 2.75) is 129 Å². The Balaban J connectivity index is 2.15. The van der Waals surface area contributed by atoms with Crippen molar-refractivity contribution >= 4 is 0 Å². The third-order valence-electron chi connectivity index (χ3n) is 8.00. The summed E-state index contributed by atoms with van der Waals surface area (Å²) in [5, 5.41) is 31.0. The standard InChI is InChI=1S/C24H46O3/c1-21(2,26)13-8-15-23(5,16-9-14-22(3,4)27)20-12-11-18-19(25)10-7-17-24(18,20)6/h18-20,25-27H,7-17H2,1-6H3/t18?,19-,20?,24-/m0/s1. The van der Waals surface area contributed by atoms with Gasteiger partial charge >= 0.3 is 0 Å². The van der Waals surface area contributed by atoms with Gasteiger partial charge in [-0.3, -0.25) is 0 Å². The molecule has 2 aliphatic rings. The number of rotatable bonds is 9. The molecule has 0 radical (unpaired) electrons. The van der Waals surface area contributed by atoms with E-state index < -0.39 is 11.2 Å². The first-order valence-corrected chi connectivity index (χ1v) is 11.4. The van der Waals surface area contributed by atoms with Crippen molar-refractivity contribution in [2.75, 3.05) is 0 Å². The molecule has 4 atom stereocenters. The van der Waals surface area contributed by atoms with Crippen molar-refractivity contribution in [3.63, 3.8) is 0 Å². The Kier molecular flexibility index (Phi) is 7.14. The van der Waals surface area contributed by atoms with E-state index in [1.165, 1.54) is 12.8 Å². The first-order valence-electron chi connectivity index (χ1n) is 11.4. The zero-order valence-electron chi connectivity index (χ0n) is 18.9. The number of hydrogen-bond donors (Lipinski definition) is 3. The van der Waals surface area contributed by atoms with Crippen LogP contribution >= 0.6 is 0 Å². The molecule has 0 aromatic heterocycles. The Morgan fingerprint density at radius 2 is 1.33 bits per heavy atom. The van der Waals surface area contributed by atoms with E-state index in [1.54, 1.807) is 0 Å². The second kappa shape index (κ2) is 8.32. The van der Waals surface area contributed by atoms with Crippen molar-refractivity contribution in [2.24, 2.45) is 22.7 Å². The fourth-order valence-electron chi connectivity index (χ4n) is 6.62. The molecule has 0 aromatic rings. The van der Waals surface area contributed by atoms with E-state index in [0.717, 1.165) is 57.8 Å². The fourth-order valence-corrected chi connectivity index (χ4v) is 6.62. The number of aliphatic hydroxyl groups excluding tert-OH is 1. The van der Waals surface area contributed by atoms with Crippen LogP contribution < -0.4 is 0 Å². The van der Waals surface area contributed by atoms with Crippen LogP contribution in [0.3, 0.4) is 0 Å². The Bertz CT molecular complexity index is 453. The topological polar surface area (TPSA) is 60.7 Å². The second-order valence-electron chi connectivity index (χ2n) is 11.7. The van der Waals surface area contributed by atoms with E-state index >= 15 is 0 Å². The van der Waals surface area contributed by atoms with Gasteiger partial charge in [-0.2, -0.15) is 0 Å². The summed E-state index contributed by atoms with van der Waals surface area (Å²) in [5.74, 6) is 1.09. The van der Waals surface area contributed by atoms with E-state index in [4.69, 9.17) is 0 Å². The first-order chi connectivity index (χ1) is 12.3. The van der Waals surface area contributed by atoms with Gasteiger partial charge in [-0.05, 0) is 102 Å². The lowest BCUT2D eigenvalue weighted by atomic mass is 9.55. The van der Waals surface area contributed by atoms with Gasteiger partial charge < -0.3 is 15.3 Å². The van der Waals surface area contributed by atoms with Crippen LogP contribution in [-0.2, 0) is 0 Å². The highest BCUT2D eigenvalue weighted by molar-refractivity contribution is 5.05. The van der Waals surface area contributed by atoms with Gasteiger partial charge in [0, 0.05) is 0 Å². The average molecular weight is 383 g/mol. The second-order valence-corrected chi connectivity index (χ2v) is 11.7. The van der Waals surface area contributed by atoms with Crippen LogP contribution in [0.15, 0.2) is 0 Å².